The summed E-state index contributed by atoms with van der Waals surface area (Å²) in [5.41, 5.74) is 7.57. The summed E-state index contributed by atoms with van der Waals surface area (Å²) in [6.07, 6.45) is 5.53. The van der Waals surface area contributed by atoms with Crippen molar-refractivity contribution in [3.05, 3.63) is 82.3 Å². The van der Waals surface area contributed by atoms with E-state index in [1.165, 1.54) is 11.1 Å². The average Bonchev–Trinajstić information content (AvgIpc) is 3.32. The van der Waals surface area contributed by atoms with Gasteiger partial charge < -0.3 is 10.6 Å². The molecule has 7 nitrogen and oxygen atoms in total. The molecule has 2 aromatic heterocycles. The number of aromatic nitrogens is 4. The molecule has 3 N–H and O–H groups in total. The average molecular weight is 451 g/mol. The third kappa shape index (κ3) is 4.68. The van der Waals surface area contributed by atoms with Crippen LogP contribution in [0.2, 0.25) is 0 Å². The Balaban J connectivity index is 1.33. The van der Waals surface area contributed by atoms with Crippen molar-refractivity contribution in [1.82, 2.24) is 25.5 Å². The summed E-state index contributed by atoms with van der Waals surface area (Å²) in [6, 6.07) is 11.8. The number of piperidine rings is 1. The molecule has 1 fully saturated rings. The van der Waals surface area contributed by atoms with Crippen LogP contribution in [0.15, 0.2) is 48.8 Å². The number of anilines is 1. The van der Waals surface area contributed by atoms with Gasteiger partial charge >= 0.3 is 0 Å². The van der Waals surface area contributed by atoms with Crippen molar-refractivity contribution in [3.8, 4) is 11.8 Å². The van der Waals surface area contributed by atoms with E-state index in [1.54, 1.807) is 12.4 Å². The first-order valence-electron chi connectivity index (χ1n) is 11.5. The Labute approximate surface area is 198 Å². The second kappa shape index (κ2) is 9.46. The maximum atomic E-state index is 13.0. The molecule has 0 aliphatic carbocycles. The molecule has 0 atom stereocenters. The minimum Gasteiger partial charge on any atom is -0.322 e. The van der Waals surface area contributed by atoms with E-state index in [1.807, 2.05) is 31.2 Å². The molecule has 0 bridgehead atoms. The molecule has 170 valence electrons. The van der Waals surface area contributed by atoms with Crippen LogP contribution in [0.1, 0.15) is 57.1 Å². The van der Waals surface area contributed by atoms with Crippen LogP contribution in [0.25, 0.3) is 11.2 Å². The van der Waals surface area contributed by atoms with E-state index in [4.69, 9.17) is 0 Å². The zero-order chi connectivity index (χ0) is 23.5. The highest BCUT2D eigenvalue weighted by atomic mass is 16.1. The summed E-state index contributed by atoms with van der Waals surface area (Å²) in [5.74, 6) is 6.60. The maximum absolute atomic E-state index is 13.0. The first-order valence-corrected chi connectivity index (χ1v) is 11.5. The Hall–Kier alpha value is -4.02. The van der Waals surface area contributed by atoms with Crippen molar-refractivity contribution in [2.24, 2.45) is 0 Å². The van der Waals surface area contributed by atoms with E-state index in [0.29, 0.717) is 28.3 Å². The topological polar surface area (TPSA) is 95.6 Å². The molecular formula is C27H26N6O. The highest BCUT2D eigenvalue weighted by molar-refractivity contribution is 6.04. The standard InChI is InChI=1S/C27H26N6O/c1-17-3-4-21(14-20(17)5-6-23-15-29-26-25(31-23)16-30-33-26)27(34)32-22-7-8-24(18(2)13-22)19-9-11-28-12-10-19/h3-4,7-8,13-16,19,28H,9-12H2,1-2H3,(H,32,34)(H,29,30,33). The molecule has 1 aliphatic heterocycles. The van der Waals surface area contributed by atoms with Crippen molar-refractivity contribution >= 4 is 22.8 Å². The Bertz CT molecular complexity index is 1420. The van der Waals surface area contributed by atoms with Gasteiger partial charge in [-0.05, 0) is 92.6 Å². The van der Waals surface area contributed by atoms with Crippen LogP contribution in [0.3, 0.4) is 0 Å². The van der Waals surface area contributed by atoms with Gasteiger partial charge in [0.1, 0.15) is 11.2 Å². The lowest BCUT2D eigenvalue weighted by atomic mass is 9.87. The third-order valence-corrected chi connectivity index (χ3v) is 6.29. The van der Waals surface area contributed by atoms with E-state index >= 15 is 0 Å². The van der Waals surface area contributed by atoms with Crippen LogP contribution in [0.4, 0.5) is 5.69 Å². The molecule has 4 aromatic rings. The zero-order valence-electron chi connectivity index (χ0n) is 19.3. The monoisotopic (exact) mass is 450 g/mol. The van der Waals surface area contributed by atoms with Crippen LogP contribution in [0.5, 0.6) is 0 Å². The SMILES string of the molecule is Cc1ccc(C(=O)Nc2ccc(C3CCNCC3)c(C)c2)cc1C#Cc1cnc2[nH]ncc2n1. The highest BCUT2D eigenvalue weighted by Gasteiger charge is 2.17. The molecule has 0 unspecified atom stereocenters. The molecule has 1 aliphatic rings. The molecule has 3 heterocycles. The molecule has 0 radical (unpaired) electrons. The summed E-state index contributed by atoms with van der Waals surface area (Å²) in [6.45, 7) is 6.22. The number of fused-ring (bicyclic) bond motifs is 1. The largest absolute Gasteiger partial charge is 0.322 e. The zero-order valence-corrected chi connectivity index (χ0v) is 19.3. The van der Waals surface area contributed by atoms with Crippen LogP contribution in [0, 0.1) is 25.7 Å². The number of hydrogen-bond donors (Lipinski definition) is 3. The first kappa shape index (κ1) is 21.8. The van der Waals surface area contributed by atoms with Crippen LogP contribution in [-0.4, -0.2) is 39.2 Å². The number of carbonyl (C=O) groups excluding carboxylic acids is 1. The van der Waals surface area contributed by atoms with E-state index < -0.39 is 0 Å². The minimum absolute atomic E-state index is 0.156. The van der Waals surface area contributed by atoms with Crippen molar-refractivity contribution < 1.29 is 4.79 Å². The van der Waals surface area contributed by atoms with Crippen LogP contribution >= 0.6 is 0 Å². The number of nitrogens with one attached hydrogen (secondary N) is 3. The number of hydrogen-bond acceptors (Lipinski definition) is 5. The Morgan fingerprint density at radius 1 is 1.03 bits per heavy atom. The lowest BCUT2D eigenvalue weighted by Crippen LogP contribution is -2.27. The fourth-order valence-electron chi connectivity index (χ4n) is 4.37. The number of rotatable bonds is 3. The first-order chi connectivity index (χ1) is 16.6. The van der Waals surface area contributed by atoms with Gasteiger partial charge in [0.25, 0.3) is 5.91 Å². The lowest BCUT2D eigenvalue weighted by Gasteiger charge is -2.24. The molecular weight excluding hydrogens is 424 g/mol. The summed E-state index contributed by atoms with van der Waals surface area (Å²) < 4.78 is 0. The van der Waals surface area contributed by atoms with Gasteiger partial charge in [-0.1, -0.05) is 18.1 Å². The van der Waals surface area contributed by atoms with Crippen molar-refractivity contribution in [3.63, 3.8) is 0 Å². The Morgan fingerprint density at radius 2 is 1.88 bits per heavy atom. The van der Waals surface area contributed by atoms with Gasteiger partial charge in [0, 0.05) is 16.8 Å². The summed E-state index contributed by atoms with van der Waals surface area (Å²) in [7, 11) is 0. The molecule has 1 saturated heterocycles. The van der Waals surface area contributed by atoms with Crippen LogP contribution in [-0.2, 0) is 0 Å². The van der Waals surface area contributed by atoms with Gasteiger partial charge in [-0.3, -0.25) is 9.89 Å². The molecule has 2 aromatic carbocycles. The van der Waals surface area contributed by atoms with Crippen molar-refractivity contribution in [2.45, 2.75) is 32.6 Å². The van der Waals surface area contributed by atoms with E-state index in [0.717, 1.165) is 42.7 Å². The lowest BCUT2D eigenvalue weighted by molar-refractivity contribution is 0.102. The van der Waals surface area contributed by atoms with E-state index in [9.17, 15) is 4.79 Å². The quantitative estimate of drug-likeness (QED) is 0.409. The molecule has 0 saturated carbocycles. The molecule has 5 rings (SSSR count). The smallest absolute Gasteiger partial charge is 0.255 e. The number of carbonyl (C=O) groups is 1. The predicted molar refractivity (Wildman–Crippen MR) is 133 cm³/mol. The van der Waals surface area contributed by atoms with Gasteiger partial charge in [0.15, 0.2) is 5.65 Å². The minimum atomic E-state index is -0.156. The van der Waals surface area contributed by atoms with Gasteiger partial charge in [-0.2, -0.15) is 5.10 Å². The number of aromatic amines is 1. The normalized spacial score (nSPS) is 13.9. The Morgan fingerprint density at radius 3 is 2.71 bits per heavy atom. The second-order valence-corrected chi connectivity index (χ2v) is 8.69. The molecule has 7 heteroatoms. The van der Waals surface area contributed by atoms with Crippen molar-refractivity contribution in [1.29, 1.82) is 0 Å². The van der Waals surface area contributed by atoms with Crippen molar-refractivity contribution in [2.75, 3.05) is 18.4 Å². The second-order valence-electron chi connectivity index (χ2n) is 8.69. The maximum Gasteiger partial charge on any atom is 0.255 e. The number of aryl methyl sites for hydroxylation is 2. The summed E-state index contributed by atoms with van der Waals surface area (Å²) >= 11 is 0. The van der Waals surface area contributed by atoms with E-state index in [-0.39, 0.29) is 5.91 Å². The van der Waals surface area contributed by atoms with E-state index in [2.05, 4.69) is 61.7 Å². The molecule has 34 heavy (non-hydrogen) atoms. The highest BCUT2D eigenvalue weighted by Crippen LogP contribution is 2.29. The molecule has 0 spiro atoms. The Kier molecular flexibility index (Phi) is 6.07. The van der Waals surface area contributed by atoms with Crippen LogP contribution < -0.4 is 10.6 Å². The van der Waals surface area contributed by atoms with Gasteiger partial charge in [0.2, 0.25) is 0 Å². The number of H-pyrrole nitrogens is 1. The van der Waals surface area contributed by atoms with Gasteiger partial charge in [-0.25, -0.2) is 9.97 Å². The summed E-state index contributed by atoms with van der Waals surface area (Å²) in [5, 5.41) is 13.2. The number of benzene rings is 2. The molecule has 1 amide bonds. The predicted octanol–water partition coefficient (Wildman–Crippen LogP) is 4.09. The fourth-order valence-corrected chi connectivity index (χ4v) is 4.37. The summed E-state index contributed by atoms with van der Waals surface area (Å²) in [4.78, 5) is 21.7. The van der Waals surface area contributed by atoms with Gasteiger partial charge in [0.05, 0.1) is 12.4 Å². The third-order valence-electron chi connectivity index (χ3n) is 6.29. The fraction of sp³-hybridized carbons (Fsp3) is 0.259. The number of amides is 1. The van der Waals surface area contributed by atoms with Gasteiger partial charge in [-0.15, -0.1) is 0 Å². The number of nitrogens with zero attached hydrogens (tertiary/aromatic N) is 3.